The molecule has 0 saturated carbocycles. The van der Waals surface area contributed by atoms with Gasteiger partial charge in [0.05, 0.1) is 14.2 Å². The predicted octanol–water partition coefficient (Wildman–Crippen LogP) is 4.57. The molecular weight excluding hydrogens is 262 g/mol. The molecule has 0 radical (unpaired) electrons. The summed E-state index contributed by atoms with van der Waals surface area (Å²) in [7, 11) is 3.39. The van der Waals surface area contributed by atoms with E-state index in [9.17, 15) is 0 Å². The molecule has 0 bridgehead atoms. The molecular formula is C18H31NO2. The molecule has 1 N–H and O–H groups in total. The van der Waals surface area contributed by atoms with E-state index in [1.807, 2.05) is 18.2 Å². The minimum Gasteiger partial charge on any atom is -0.497 e. The Morgan fingerprint density at radius 2 is 1.67 bits per heavy atom. The zero-order valence-corrected chi connectivity index (χ0v) is 14.8. The van der Waals surface area contributed by atoms with Gasteiger partial charge in [-0.05, 0) is 50.8 Å². The molecule has 0 saturated heterocycles. The van der Waals surface area contributed by atoms with Gasteiger partial charge in [0.25, 0.3) is 0 Å². The lowest BCUT2D eigenvalue weighted by atomic mass is 9.81. The van der Waals surface area contributed by atoms with Crippen LogP contribution < -0.4 is 14.8 Å². The molecule has 1 unspecified atom stereocenters. The second-order valence-corrected chi connectivity index (χ2v) is 7.60. The van der Waals surface area contributed by atoms with Crippen molar-refractivity contribution in [3.05, 3.63) is 23.8 Å². The summed E-state index contributed by atoms with van der Waals surface area (Å²) in [5.41, 5.74) is 1.46. The summed E-state index contributed by atoms with van der Waals surface area (Å²) >= 11 is 0. The molecule has 0 aromatic heterocycles. The maximum Gasteiger partial charge on any atom is 0.123 e. The number of benzene rings is 1. The Kier molecular flexibility index (Phi) is 5.68. The molecule has 0 aliphatic rings. The monoisotopic (exact) mass is 293 g/mol. The van der Waals surface area contributed by atoms with Crippen LogP contribution in [0.3, 0.4) is 0 Å². The molecule has 1 aromatic carbocycles. The molecule has 3 nitrogen and oxygen atoms in total. The Labute approximate surface area is 130 Å². The van der Waals surface area contributed by atoms with Crippen molar-refractivity contribution in [2.75, 3.05) is 14.2 Å². The molecule has 120 valence electrons. The van der Waals surface area contributed by atoms with Crippen LogP contribution in [0.2, 0.25) is 0 Å². The van der Waals surface area contributed by atoms with Crippen molar-refractivity contribution in [3.63, 3.8) is 0 Å². The van der Waals surface area contributed by atoms with E-state index < -0.39 is 0 Å². The predicted molar refractivity (Wildman–Crippen MR) is 89.2 cm³/mol. The largest absolute Gasteiger partial charge is 0.497 e. The van der Waals surface area contributed by atoms with Crippen molar-refractivity contribution < 1.29 is 9.47 Å². The second kappa shape index (κ2) is 6.69. The van der Waals surface area contributed by atoms with Crippen molar-refractivity contribution >= 4 is 0 Å². The van der Waals surface area contributed by atoms with Crippen LogP contribution in [0.4, 0.5) is 0 Å². The van der Waals surface area contributed by atoms with Crippen molar-refractivity contribution in [2.45, 2.75) is 59.5 Å². The molecule has 0 spiro atoms. The minimum atomic E-state index is 0.0474. The highest BCUT2D eigenvalue weighted by molar-refractivity contribution is 5.42. The molecule has 21 heavy (non-hydrogen) atoms. The lowest BCUT2D eigenvalue weighted by molar-refractivity contribution is 0.225. The van der Waals surface area contributed by atoms with Gasteiger partial charge in [-0.15, -0.1) is 0 Å². The topological polar surface area (TPSA) is 30.5 Å². The number of hydrogen-bond acceptors (Lipinski definition) is 3. The number of nitrogens with one attached hydrogen (secondary N) is 1. The SMILES string of the molecule is COc1ccc(OC)c(C(C)NC(C)(C)CC(C)(C)C)c1. The van der Waals surface area contributed by atoms with Crippen LogP contribution in [0.5, 0.6) is 11.5 Å². The van der Waals surface area contributed by atoms with Crippen molar-refractivity contribution in [3.8, 4) is 11.5 Å². The molecule has 0 amide bonds. The van der Waals surface area contributed by atoms with Gasteiger partial charge in [-0.1, -0.05) is 20.8 Å². The third-order valence-corrected chi connectivity index (χ3v) is 3.48. The molecule has 3 heteroatoms. The summed E-state index contributed by atoms with van der Waals surface area (Å²) < 4.78 is 10.8. The second-order valence-electron chi connectivity index (χ2n) is 7.60. The van der Waals surface area contributed by atoms with Gasteiger partial charge >= 0.3 is 0 Å². The average Bonchev–Trinajstić information content (AvgIpc) is 2.34. The third kappa shape index (κ3) is 5.58. The standard InChI is InChI=1S/C18H31NO2/c1-13(19-18(5,6)12-17(2,3)4)15-11-14(20-7)9-10-16(15)21-8/h9-11,13,19H,12H2,1-8H3. The highest BCUT2D eigenvalue weighted by Crippen LogP contribution is 2.33. The average molecular weight is 293 g/mol. The van der Waals surface area contributed by atoms with Crippen LogP contribution in [-0.4, -0.2) is 19.8 Å². The molecule has 0 aliphatic carbocycles. The first-order valence-electron chi connectivity index (χ1n) is 7.57. The van der Waals surface area contributed by atoms with Gasteiger partial charge in [0, 0.05) is 17.1 Å². The summed E-state index contributed by atoms with van der Waals surface area (Å²) in [6.07, 6.45) is 1.09. The Morgan fingerprint density at radius 1 is 1.05 bits per heavy atom. The molecule has 1 aromatic rings. The van der Waals surface area contributed by atoms with Crippen molar-refractivity contribution in [2.24, 2.45) is 5.41 Å². The van der Waals surface area contributed by atoms with Gasteiger partial charge < -0.3 is 14.8 Å². The van der Waals surface area contributed by atoms with E-state index in [0.29, 0.717) is 0 Å². The van der Waals surface area contributed by atoms with Gasteiger partial charge in [0.2, 0.25) is 0 Å². The first-order valence-corrected chi connectivity index (χ1v) is 7.57. The first kappa shape index (κ1) is 17.8. The Hall–Kier alpha value is -1.22. The van der Waals surface area contributed by atoms with Crippen LogP contribution in [-0.2, 0) is 0 Å². The summed E-state index contributed by atoms with van der Waals surface area (Å²) in [6.45, 7) is 13.5. The molecule has 0 heterocycles. The zero-order valence-electron chi connectivity index (χ0n) is 14.8. The van der Waals surface area contributed by atoms with E-state index in [2.05, 4.69) is 46.9 Å². The fourth-order valence-corrected chi connectivity index (χ4v) is 3.22. The van der Waals surface area contributed by atoms with E-state index in [0.717, 1.165) is 23.5 Å². The van der Waals surface area contributed by atoms with E-state index in [-0.39, 0.29) is 17.0 Å². The fraction of sp³-hybridized carbons (Fsp3) is 0.667. The normalized spacial score (nSPS) is 13.9. The minimum absolute atomic E-state index is 0.0474. The van der Waals surface area contributed by atoms with Gasteiger partial charge in [0.1, 0.15) is 11.5 Å². The third-order valence-electron chi connectivity index (χ3n) is 3.48. The van der Waals surface area contributed by atoms with Gasteiger partial charge in [-0.25, -0.2) is 0 Å². The highest BCUT2D eigenvalue weighted by Gasteiger charge is 2.27. The summed E-state index contributed by atoms with van der Waals surface area (Å²) in [5, 5.41) is 3.72. The molecule has 0 fully saturated rings. The van der Waals surface area contributed by atoms with E-state index >= 15 is 0 Å². The Morgan fingerprint density at radius 3 is 2.14 bits per heavy atom. The van der Waals surface area contributed by atoms with Crippen LogP contribution in [0.25, 0.3) is 0 Å². The van der Waals surface area contributed by atoms with Crippen LogP contribution >= 0.6 is 0 Å². The van der Waals surface area contributed by atoms with E-state index in [4.69, 9.17) is 9.47 Å². The fourth-order valence-electron chi connectivity index (χ4n) is 3.22. The summed E-state index contributed by atoms with van der Waals surface area (Å²) in [5.74, 6) is 1.75. The van der Waals surface area contributed by atoms with Crippen molar-refractivity contribution in [1.29, 1.82) is 0 Å². The number of rotatable bonds is 6. The molecule has 0 aliphatic heterocycles. The smallest absolute Gasteiger partial charge is 0.123 e. The molecule has 1 atom stereocenters. The number of methoxy groups -OCH3 is 2. The Bertz CT molecular complexity index is 461. The first-order chi connectivity index (χ1) is 9.58. The lowest BCUT2D eigenvalue weighted by Crippen LogP contribution is -2.43. The number of ether oxygens (including phenoxy) is 2. The van der Waals surface area contributed by atoms with Crippen LogP contribution in [0.15, 0.2) is 18.2 Å². The Balaban J connectivity index is 2.95. The zero-order chi connectivity index (χ0) is 16.3. The van der Waals surface area contributed by atoms with Gasteiger partial charge in [-0.2, -0.15) is 0 Å². The van der Waals surface area contributed by atoms with Crippen LogP contribution in [0, 0.1) is 5.41 Å². The van der Waals surface area contributed by atoms with E-state index in [1.165, 1.54) is 0 Å². The number of hydrogen-bond donors (Lipinski definition) is 1. The van der Waals surface area contributed by atoms with Gasteiger partial charge in [0.15, 0.2) is 0 Å². The maximum absolute atomic E-state index is 5.49. The lowest BCUT2D eigenvalue weighted by Gasteiger charge is -2.36. The summed E-state index contributed by atoms with van der Waals surface area (Å²) in [6, 6.07) is 6.12. The maximum atomic E-state index is 5.49. The van der Waals surface area contributed by atoms with Gasteiger partial charge in [-0.3, -0.25) is 0 Å². The summed E-state index contributed by atoms with van der Waals surface area (Å²) in [4.78, 5) is 0. The van der Waals surface area contributed by atoms with Crippen LogP contribution in [0.1, 0.15) is 59.6 Å². The highest BCUT2D eigenvalue weighted by atomic mass is 16.5. The molecule has 1 rings (SSSR count). The van der Waals surface area contributed by atoms with E-state index in [1.54, 1.807) is 14.2 Å². The van der Waals surface area contributed by atoms with Crippen molar-refractivity contribution in [1.82, 2.24) is 5.32 Å². The quantitative estimate of drug-likeness (QED) is 0.833.